The van der Waals surface area contributed by atoms with E-state index in [0.29, 0.717) is 0 Å². The maximum atomic E-state index is 2.68. The fourth-order valence-corrected chi connectivity index (χ4v) is 12.6. The van der Waals surface area contributed by atoms with E-state index in [1.807, 2.05) is 0 Å². The van der Waals surface area contributed by atoms with E-state index in [0.717, 1.165) is 17.0 Å². The predicted octanol–water partition coefficient (Wildman–Crippen LogP) is 18.9. The number of unbranched alkanes of at least 4 members (excludes halogenated alkanes) is 33. The zero-order valence-electron chi connectivity index (χ0n) is 35.8. The van der Waals surface area contributed by atoms with Crippen molar-refractivity contribution in [2.24, 2.45) is 0 Å². The first-order chi connectivity index (χ1) is 24.1. The second kappa shape index (κ2) is 41.2. The maximum Gasteiger partial charge on any atom is -0.0233 e. The summed E-state index contributed by atoms with van der Waals surface area (Å²) in [7, 11) is 0.138. The van der Waals surface area contributed by atoms with Gasteiger partial charge in [0, 0.05) is 0 Å². The molecule has 0 radical (unpaired) electrons. The molecular weight excluding hydrogens is 608 g/mol. The van der Waals surface area contributed by atoms with Crippen LogP contribution in [0.4, 0.5) is 0 Å². The highest BCUT2D eigenvalue weighted by molar-refractivity contribution is 7.59. The molecule has 0 aromatic carbocycles. The molecular formula is C48H99P. The quantitative estimate of drug-likeness (QED) is 0.0438. The average Bonchev–Trinajstić information content (AvgIpc) is 3.09. The van der Waals surface area contributed by atoms with Gasteiger partial charge in [0.05, 0.1) is 0 Å². The first-order valence-corrected chi connectivity index (χ1v) is 25.4. The Hall–Kier alpha value is 0.430. The Morgan fingerprint density at radius 1 is 0.224 bits per heavy atom. The summed E-state index contributed by atoms with van der Waals surface area (Å²) in [5, 5.41) is 0. The van der Waals surface area contributed by atoms with Crippen molar-refractivity contribution < 1.29 is 0 Å². The first kappa shape index (κ1) is 49.4. The molecule has 3 unspecified atom stereocenters. The van der Waals surface area contributed by atoms with Gasteiger partial charge in [-0.3, -0.25) is 0 Å². The van der Waals surface area contributed by atoms with Gasteiger partial charge in [0.25, 0.3) is 0 Å². The Morgan fingerprint density at radius 2 is 0.367 bits per heavy atom. The Labute approximate surface area is 315 Å². The van der Waals surface area contributed by atoms with E-state index in [-0.39, 0.29) is 7.92 Å². The standard InChI is InChI=1S/C48H99P/c1-7-10-13-16-19-22-25-28-31-34-37-40-43-46(4)49(47(5)44-41-38-35-32-29-26-23-20-17-14-11-8-2)48(6)45-42-39-36-33-30-27-24-21-18-15-12-9-3/h46-48H,7-45H2,1-6H3. The summed E-state index contributed by atoms with van der Waals surface area (Å²) in [6.45, 7) is 15.0. The maximum absolute atomic E-state index is 2.68. The monoisotopic (exact) mass is 707 g/mol. The van der Waals surface area contributed by atoms with Crippen molar-refractivity contribution in [1.82, 2.24) is 0 Å². The minimum atomic E-state index is 0.138. The molecule has 0 spiro atoms. The summed E-state index contributed by atoms with van der Waals surface area (Å²) < 4.78 is 0. The Bertz CT molecular complexity index is 505. The van der Waals surface area contributed by atoms with E-state index >= 15 is 0 Å². The highest BCUT2D eigenvalue weighted by atomic mass is 31.1. The van der Waals surface area contributed by atoms with Crippen LogP contribution in [0, 0.1) is 0 Å². The lowest BCUT2D eigenvalue weighted by molar-refractivity contribution is 0.532. The second-order valence-electron chi connectivity index (χ2n) is 17.0. The van der Waals surface area contributed by atoms with Gasteiger partial charge in [0.2, 0.25) is 0 Å². The fourth-order valence-electron chi connectivity index (χ4n) is 8.59. The van der Waals surface area contributed by atoms with E-state index in [4.69, 9.17) is 0 Å². The van der Waals surface area contributed by atoms with Crippen molar-refractivity contribution in [3.8, 4) is 0 Å². The highest BCUT2D eigenvalue weighted by Crippen LogP contribution is 2.55. The van der Waals surface area contributed by atoms with Gasteiger partial charge < -0.3 is 0 Å². The Kier molecular flexibility index (Phi) is 41.6. The largest absolute Gasteiger partial charge is 0.0980 e. The summed E-state index contributed by atoms with van der Waals surface area (Å²) >= 11 is 0. The van der Waals surface area contributed by atoms with Crippen LogP contribution in [0.15, 0.2) is 0 Å². The van der Waals surface area contributed by atoms with Gasteiger partial charge in [0.1, 0.15) is 0 Å². The van der Waals surface area contributed by atoms with Gasteiger partial charge in [-0.05, 0) is 36.2 Å². The smallest absolute Gasteiger partial charge is 0.0233 e. The van der Waals surface area contributed by atoms with Crippen LogP contribution in [-0.4, -0.2) is 17.0 Å². The van der Waals surface area contributed by atoms with Gasteiger partial charge in [-0.2, -0.15) is 0 Å². The minimum Gasteiger partial charge on any atom is -0.0980 e. The van der Waals surface area contributed by atoms with Crippen LogP contribution in [0.5, 0.6) is 0 Å². The summed E-state index contributed by atoms with van der Waals surface area (Å²) in [4.78, 5) is 0. The molecule has 0 amide bonds. The number of rotatable bonds is 42. The molecule has 0 aromatic rings. The minimum absolute atomic E-state index is 0.138. The van der Waals surface area contributed by atoms with Crippen molar-refractivity contribution in [2.45, 2.75) is 309 Å². The molecule has 296 valence electrons. The predicted molar refractivity (Wildman–Crippen MR) is 232 cm³/mol. The molecule has 0 fully saturated rings. The summed E-state index contributed by atoms with van der Waals surface area (Å²) in [5.74, 6) is 0. The van der Waals surface area contributed by atoms with Crippen molar-refractivity contribution in [1.29, 1.82) is 0 Å². The van der Waals surface area contributed by atoms with Crippen molar-refractivity contribution in [3.05, 3.63) is 0 Å². The molecule has 0 nitrogen and oxygen atoms in total. The van der Waals surface area contributed by atoms with Crippen LogP contribution in [0.2, 0.25) is 0 Å². The molecule has 0 aliphatic rings. The van der Waals surface area contributed by atoms with Gasteiger partial charge in [-0.25, -0.2) is 0 Å². The summed E-state index contributed by atoms with van der Waals surface area (Å²) in [6, 6.07) is 0. The van der Waals surface area contributed by atoms with Crippen LogP contribution < -0.4 is 0 Å². The molecule has 0 saturated carbocycles. The average molecular weight is 707 g/mol. The molecule has 0 aromatic heterocycles. The summed E-state index contributed by atoms with van der Waals surface area (Å²) in [6.07, 6.45) is 57.5. The summed E-state index contributed by atoms with van der Waals surface area (Å²) in [5.41, 5.74) is 2.91. The van der Waals surface area contributed by atoms with Crippen LogP contribution >= 0.6 is 7.92 Å². The fraction of sp³-hybridized carbons (Fsp3) is 1.00. The zero-order valence-corrected chi connectivity index (χ0v) is 36.7. The lowest BCUT2D eigenvalue weighted by atomic mass is 10.0. The van der Waals surface area contributed by atoms with Gasteiger partial charge in [-0.1, -0.05) is 281 Å². The van der Waals surface area contributed by atoms with E-state index in [9.17, 15) is 0 Å². The normalized spacial score (nSPS) is 14.3. The molecule has 0 aliphatic carbocycles. The van der Waals surface area contributed by atoms with Crippen molar-refractivity contribution in [3.63, 3.8) is 0 Å². The molecule has 1 heteroatoms. The van der Waals surface area contributed by atoms with Gasteiger partial charge >= 0.3 is 0 Å². The van der Waals surface area contributed by atoms with Crippen LogP contribution in [0.1, 0.15) is 292 Å². The van der Waals surface area contributed by atoms with Crippen LogP contribution in [0.25, 0.3) is 0 Å². The highest BCUT2D eigenvalue weighted by Gasteiger charge is 2.27. The SMILES string of the molecule is CCCCCCCCCCCCCCC(C)P(C(C)CCCCCCCCCCCCCC)C(C)CCCCCCCCCCCCCC. The molecule has 49 heavy (non-hydrogen) atoms. The Balaban J connectivity index is 4.36. The zero-order chi connectivity index (χ0) is 35.9. The third-order valence-corrected chi connectivity index (χ3v) is 15.8. The van der Waals surface area contributed by atoms with Crippen molar-refractivity contribution >= 4 is 7.92 Å². The number of hydrogen-bond acceptors (Lipinski definition) is 0. The van der Waals surface area contributed by atoms with E-state index < -0.39 is 0 Å². The molecule has 3 atom stereocenters. The molecule has 0 rings (SSSR count). The first-order valence-electron chi connectivity index (χ1n) is 23.9. The number of hydrogen-bond donors (Lipinski definition) is 0. The van der Waals surface area contributed by atoms with E-state index in [2.05, 4.69) is 41.5 Å². The topological polar surface area (TPSA) is 0 Å². The lowest BCUT2D eigenvalue weighted by Gasteiger charge is -2.36. The molecule has 0 heterocycles. The van der Waals surface area contributed by atoms with Crippen LogP contribution in [0.3, 0.4) is 0 Å². The molecule has 0 aliphatic heterocycles. The molecule has 0 N–H and O–H groups in total. The molecule has 0 saturated heterocycles. The van der Waals surface area contributed by atoms with E-state index in [1.54, 1.807) is 0 Å². The lowest BCUT2D eigenvalue weighted by Crippen LogP contribution is -2.18. The molecule has 0 bridgehead atoms. The Morgan fingerprint density at radius 3 is 0.531 bits per heavy atom. The van der Waals surface area contributed by atoms with Crippen molar-refractivity contribution in [2.75, 3.05) is 0 Å². The third-order valence-electron chi connectivity index (χ3n) is 12.0. The third kappa shape index (κ3) is 35.2. The van der Waals surface area contributed by atoms with Gasteiger partial charge in [0.15, 0.2) is 0 Å². The van der Waals surface area contributed by atoms with E-state index in [1.165, 1.54) is 250 Å². The van der Waals surface area contributed by atoms with Crippen LogP contribution in [-0.2, 0) is 0 Å². The second-order valence-corrected chi connectivity index (χ2v) is 20.6. The van der Waals surface area contributed by atoms with Gasteiger partial charge in [-0.15, -0.1) is 0 Å².